The van der Waals surface area contributed by atoms with Crippen LogP contribution in [0.1, 0.15) is 19.0 Å². The molecule has 2 aromatic rings. The van der Waals surface area contributed by atoms with Gasteiger partial charge in [0.1, 0.15) is 5.03 Å². The molecule has 100 valence electrons. The summed E-state index contributed by atoms with van der Waals surface area (Å²) in [6, 6.07) is 0.201. The van der Waals surface area contributed by atoms with Gasteiger partial charge in [-0.1, -0.05) is 6.92 Å². The van der Waals surface area contributed by atoms with Gasteiger partial charge in [0.15, 0.2) is 4.96 Å². The molecular formula is C12H19N3OS2. The Kier molecular flexibility index (Phi) is 5.05. The summed E-state index contributed by atoms with van der Waals surface area (Å²) in [4.78, 5) is 5.71. The highest BCUT2D eigenvalue weighted by molar-refractivity contribution is 7.99. The quantitative estimate of drug-likeness (QED) is 0.627. The van der Waals surface area contributed by atoms with Crippen LogP contribution < -0.4 is 5.73 Å². The normalized spacial score (nSPS) is 13.3. The van der Waals surface area contributed by atoms with E-state index in [4.69, 9.17) is 10.5 Å². The van der Waals surface area contributed by atoms with Gasteiger partial charge in [0.2, 0.25) is 0 Å². The van der Waals surface area contributed by atoms with Crippen molar-refractivity contribution in [1.29, 1.82) is 0 Å². The van der Waals surface area contributed by atoms with Crippen LogP contribution in [0.5, 0.6) is 0 Å². The Labute approximate surface area is 116 Å². The second-order valence-corrected chi connectivity index (χ2v) is 6.09. The lowest BCUT2D eigenvalue weighted by Gasteiger charge is -2.09. The Balaban J connectivity index is 2.20. The first kappa shape index (κ1) is 13.9. The predicted molar refractivity (Wildman–Crippen MR) is 77.6 cm³/mol. The van der Waals surface area contributed by atoms with E-state index in [-0.39, 0.29) is 6.04 Å². The number of thioether (sulfide) groups is 1. The summed E-state index contributed by atoms with van der Waals surface area (Å²) in [5.74, 6) is 0.926. The van der Waals surface area contributed by atoms with Gasteiger partial charge in [-0.25, -0.2) is 4.98 Å². The molecule has 0 radical (unpaired) electrons. The topological polar surface area (TPSA) is 52.5 Å². The number of rotatable bonds is 7. The molecule has 0 aliphatic carbocycles. The summed E-state index contributed by atoms with van der Waals surface area (Å²) in [5, 5.41) is 3.16. The van der Waals surface area contributed by atoms with E-state index in [9.17, 15) is 0 Å². The van der Waals surface area contributed by atoms with E-state index in [0.717, 1.165) is 35.2 Å². The summed E-state index contributed by atoms with van der Waals surface area (Å²) in [6.07, 6.45) is 3.94. The summed E-state index contributed by atoms with van der Waals surface area (Å²) >= 11 is 3.41. The third kappa shape index (κ3) is 3.06. The van der Waals surface area contributed by atoms with Gasteiger partial charge in [0, 0.05) is 36.9 Å². The molecule has 0 bridgehead atoms. The zero-order chi connectivity index (χ0) is 13.0. The molecule has 2 aromatic heterocycles. The number of nitrogens with two attached hydrogens (primary N) is 1. The molecule has 0 aliphatic rings. The van der Waals surface area contributed by atoms with Crippen LogP contribution >= 0.6 is 23.1 Å². The Bertz CT molecular complexity index is 494. The molecule has 4 nitrogen and oxygen atoms in total. The van der Waals surface area contributed by atoms with E-state index in [2.05, 4.69) is 27.9 Å². The second kappa shape index (κ2) is 6.56. The molecule has 18 heavy (non-hydrogen) atoms. The Morgan fingerprint density at radius 2 is 2.44 bits per heavy atom. The molecule has 6 heteroatoms. The maximum Gasteiger partial charge on any atom is 0.194 e. The standard InChI is InChI=1S/C12H19N3OS2/c1-3-9(13)8-10-11(17-7-5-16-2)14-12-15(10)4-6-18-12/h4,6,9H,3,5,7-8,13H2,1-2H3. The molecule has 0 fully saturated rings. The van der Waals surface area contributed by atoms with Crippen LogP contribution in [0, 0.1) is 0 Å². The maximum atomic E-state index is 6.08. The van der Waals surface area contributed by atoms with Gasteiger partial charge in [-0.2, -0.15) is 0 Å². The van der Waals surface area contributed by atoms with Gasteiger partial charge in [-0.3, -0.25) is 4.40 Å². The fraction of sp³-hybridized carbons (Fsp3) is 0.583. The molecule has 0 saturated heterocycles. The SMILES string of the molecule is CCC(N)Cc1c(SCCOC)nc2sccn12. The fourth-order valence-electron chi connectivity index (χ4n) is 1.73. The number of thiazole rings is 1. The molecule has 0 spiro atoms. The van der Waals surface area contributed by atoms with Gasteiger partial charge in [0.25, 0.3) is 0 Å². The van der Waals surface area contributed by atoms with Gasteiger partial charge in [-0.15, -0.1) is 23.1 Å². The maximum absolute atomic E-state index is 6.08. The molecule has 1 unspecified atom stereocenters. The molecule has 0 aromatic carbocycles. The molecule has 2 rings (SSSR count). The molecule has 2 N–H and O–H groups in total. The Morgan fingerprint density at radius 3 is 3.17 bits per heavy atom. The molecule has 0 aliphatic heterocycles. The Hall–Kier alpha value is -0.560. The molecule has 1 atom stereocenters. The van der Waals surface area contributed by atoms with Crippen LogP contribution in [0.15, 0.2) is 16.6 Å². The van der Waals surface area contributed by atoms with Crippen molar-refractivity contribution in [3.63, 3.8) is 0 Å². The summed E-state index contributed by atoms with van der Waals surface area (Å²) in [5.41, 5.74) is 7.31. The first-order valence-corrected chi connectivity index (χ1v) is 7.94. The predicted octanol–water partition coefficient (Wildman–Crippen LogP) is 2.41. The number of ether oxygens (including phenoxy) is 1. The highest BCUT2D eigenvalue weighted by Gasteiger charge is 2.15. The monoisotopic (exact) mass is 285 g/mol. The lowest BCUT2D eigenvalue weighted by Crippen LogP contribution is -2.22. The van der Waals surface area contributed by atoms with E-state index in [1.807, 2.05) is 0 Å². The minimum Gasteiger partial charge on any atom is -0.384 e. The zero-order valence-electron chi connectivity index (χ0n) is 10.8. The average molecular weight is 285 g/mol. The van der Waals surface area contributed by atoms with Crippen LogP contribution in [-0.2, 0) is 11.2 Å². The number of methoxy groups -OCH3 is 1. The highest BCUT2D eigenvalue weighted by atomic mass is 32.2. The molecule has 0 saturated carbocycles. The minimum atomic E-state index is 0.201. The summed E-state index contributed by atoms with van der Waals surface area (Å²) in [6.45, 7) is 2.86. The third-order valence-corrected chi connectivity index (χ3v) is 4.56. The second-order valence-electron chi connectivity index (χ2n) is 4.13. The lowest BCUT2D eigenvalue weighted by molar-refractivity contribution is 0.218. The van der Waals surface area contributed by atoms with Crippen molar-refractivity contribution in [1.82, 2.24) is 9.38 Å². The van der Waals surface area contributed by atoms with E-state index in [1.165, 1.54) is 5.69 Å². The number of hydrogen-bond acceptors (Lipinski definition) is 5. The number of aromatic nitrogens is 2. The molecular weight excluding hydrogens is 266 g/mol. The van der Waals surface area contributed by atoms with Crippen molar-refractivity contribution in [3.05, 3.63) is 17.3 Å². The summed E-state index contributed by atoms with van der Waals surface area (Å²) < 4.78 is 7.25. The van der Waals surface area contributed by atoms with Gasteiger partial charge in [0.05, 0.1) is 12.3 Å². The van der Waals surface area contributed by atoms with Crippen molar-refractivity contribution in [3.8, 4) is 0 Å². The van der Waals surface area contributed by atoms with Crippen molar-refractivity contribution in [2.24, 2.45) is 5.73 Å². The van der Waals surface area contributed by atoms with Gasteiger partial charge < -0.3 is 10.5 Å². The number of fused-ring (bicyclic) bond motifs is 1. The zero-order valence-corrected chi connectivity index (χ0v) is 12.4. The number of hydrogen-bond donors (Lipinski definition) is 1. The Morgan fingerprint density at radius 1 is 1.61 bits per heavy atom. The van der Waals surface area contributed by atoms with Gasteiger partial charge in [-0.05, 0) is 6.42 Å². The van der Waals surface area contributed by atoms with Crippen LogP contribution in [0.3, 0.4) is 0 Å². The third-order valence-electron chi connectivity index (χ3n) is 2.83. The van der Waals surface area contributed by atoms with E-state index in [1.54, 1.807) is 30.2 Å². The van der Waals surface area contributed by atoms with Crippen LogP contribution in [0.25, 0.3) is 4.96 Å². The smallest absolute Gasteiger partial charge is 0.194 e. The van der Waals surface area contributed by atoms with Crippen molar-refractivity contribution < 1.29 is 4.74 Å². The minimum absolute atomic E-state index is 0.201. The van der Waals surface area contributed by atoms with Crippen molar-refractivity contribution in [2.75, 3.05) is 19.5 Å². The molecule has 2 heterocycles. The largest absolute Gasteiger partial charge is 0.384 e. The van der Waals surface area contributed by atoms with Crippen LogP contribution in [0.2, 0.25) is 0 Å². The molecule has 0 amide bonds. The first-order chi connectivity index (χ1) is 8.76. The average Bonchev–Trinajstić information content (AvgIpc) is 2.93. The van der Waals surface area contributed by atoms with Crippen LogP contribution in [0.4, 0.5) is 0 Å². The lowest BCUT2D eigenvalue weighted by atomic mass is 10.1. The number of nitrogens with zero attached hydrogens (tertiary/aromatic N) is 2. The van der Waals surface area contributed by atoms with E-state index >= 15 is 0 Å². The fourth-order valence-corrected chi connectivity index (χ4v) is 3.46. The van der Waals surface area contributed by atoms with E-state index in [0.29, 0.717) is 0 Å². The van der Waals surface area contributed by atoms with Gasteiger partial charge >= 0.3 is 0 Å². The van der Waals surface area contributed by atoms with Crippen LogP contribution in [-0.4, -0.2) is 34.9 Å². The number of imidazole rings is 1. The van der Waals surface area contributed by atoms with Crippen molar-refractivity contribution in [2.45, 2.75) is 30.8 Å². The summed E-state index contributed by atoms with van der Waals surface area (Å²) in [7, 11) is 1.72. The first-order valence-electron chi connectivity index (χ1n) is 6.08. The van der Waals surface area contributed by atoms with E-state index < -0.39 is 0 Å². The highest BCUT2D eigenvalue weighted by Crippen LogP contribution is 2.26. The van der Waals surface area contributed by atoms with Crippen molar-refractivity contribution >= 4 is 28.1 Å².